The van der Waals surface area contributed by atoms with Crippen molar-refractivity contribution in [3.8, 4) is 0 Å². The molecule has 2 aromatic rings. The minimum absolute atomic E-state index is 0.0643. The first-order valence-corrected chi connectivity index (χ1v) is 11.3. The summed E-state index contributed by atoms with van der Waals surface area (Å²) < 4.78 is 45.9. The van der Waals surface area contributed by atoms with Gasteiger partial charge in [0.1, 0.15) is 12.4 Å². The van der Waals surface area contributed by atoms with Gasteiger partial charge in [-0.2, -0.15) is 0 Å². The fourth-order valence-electron chi connectivity index (χ4n) is 3.18. The van der Waals surface area contributed by atoms with E-state index in [9.17, 15) is 17.6 Å². The largest absolute Gasteiger partial charge is 0.379 e. The van der Waals surface area contributed by atoms with Crippen LogP contribution in [0, 0.1) is 5.82 Å². The smallest absolute Gasteiger partial charge is 0.264 e. The van der Waals surface area contributed by atoms with Crippen LogP contribution in [0.1, 0.15) is 6.42 Å². The molecule has 9 heteroatoms. The summed E-state index contributed by atoms with van der Waals surface area (Å²) in [6, 6.07) is 12.9. The molecule has 30 heavy (non-hydrogen) atoms. The van der Waals surface area contributed by atoms with E-state index in [1.807, 2.05) is 0 Å². The zero-order valence-electron chi connectivity index (χ0n) is 16.7. The Morgan fingerprint density at radius 2 is 1.73 bits per heavy atom. The minimum Gasteiger partial charge on any atom is -0.379 e. The van der Waals surface area contributed by atoms with E-state index in [2.05, 4.69) is 10.2 Å². The maximum Gasteiger partial charge on any atom is 0.264 e. The Morgan fingerprint density at radius 1 is 1.07 bits per heavy atom. The van der Waals surface area contributed by atoms with Crippen molar-refractivity contribution in [1.29, 1.82) is 0 Å². The lowest BCUT2D eigenvalue weighted by Gasteiger charge is -2.26. The Bertz CT molecular complexity index is 917. The normalized spacial score (nSPS) is 15.0. The molecule has 0 spiro atoms. The summed E-state index contributed by atoms with van der Waals surface area (Å²) in [6.07, 6.45) is 0.758. The summed E-state index contributed by atoms with van der Waals surface area (Å²) in [7, 11) is -3.98. The highest BCUT2D eigenvalue weighted by Crippen LogP contribution is 2.23. The first-order valence-electron chi connectivity index (χ1n) is 9.87. The van der Waals surface area contributed by atoms with Gasteiger partial charge in [0.15, 0.2) is 0 Å². The summed E-state index contributed by atoms with van der Waals surface area (Å²) in [5, 5.41) is 2.78. The monoisotopic (exact) mass is 435 g/mol. The number of hydrogen-bond acceptors (Lipinski definition) is 5. The van der Waals surface area contributed by atoms with Crippen LogP contribution in [0.4, 0.5) is 10.1 Å². The van der Waals surface area contributed by atoms with Gasteiger partial charge < -0.3 is 10.1 Å². The van der Waals surface area contributed by atoms with Gasteiger partial charge in [0, 0.05) is 19.6 Å². The van der Waals surface area contributed by atoms with Crippen molar-refractivity contribution in [3.63, 3.8) is 0 Å². The number of carbonyl (C=O) groups is 1. The standard InChI is InChI=1S/C21H26FN3O4S/c22-18-7-9-19(10-8-18)25(30(27,28)20-5-2-1-3-6-20)17-21(26)23-11-4-12-24-13-15-29-16-14-24/h1-3,5-10H,4,11-17H2,(H,23,26). The molecule has 0 atom stereocenters. The van der Waals surface area contributed by atoms with Crippen LogP contribution in [0.3, 0.4) is 0 Å². The molecule has 0 radical (unpaired) electrons. The Balaban J connectivity index is 1.65. The summed E-state index contributed by atoms with van der Waals surface area (Å²) in [6.45, 7) is 4.09. The number of anilines is 1. The fourth-order valence-corrected chi connectivity index (χ4v) is 4.63. The Hall–Kier alpha value is -2.49. The molecule has 0 aliphatic carbocycles. The molecule has 2 aromatic carbocycles. The second kappa shape index (κ2) is 10.5. The van der Waals surface area contributed by atoms with Crippen LogP contribution in [-0.2, 0) is 19.6 Å². The minimum atomic E-state index is -3.98. The van der Waals surface area contributed by atoms with Crippen LogP contribution in [0.5, 0.6) is 0 Å². The van der Waals surface area contributed by atoms with E-state index in [1.54, 1.807) is 18.2 Å². The number of benzene rings is 2. The third-order valence-electron chi connectivity index (χ3n) is 4.81. The van der Waals surface area contributed by atoms with Crippen LogP contribution >= 0.6 is 0 Å². The van der Waals surface area contributed by atoms with Crippen molar-refractivity contribution in [2.75, 3.05) is 50.2 Å². The number of nitrogens with zero attached hydrogens (tertiary/aromatic N) is 2. The lowest BCUT2D eigenvalue weighted by Crippen LogP contribution is -2.42. The van der Waals surface area contributed by atoms with Crippen LogP contribution < -0.4 is 9.62 Å². The van der Waals surface area contributed by atoms with Gasteiger partial charge in [-0.3, -0.25) is 14.0 Å². The quantitative estimate of drug-likeness (QED) is 0.609. The van der Waals surface area contributed by atoms with Gasteiger partial charge in [-0.05, 0) is 49.4 Å². The summed E-state index contributed by atoms with van der Waals surface area (Å²) >= 11 is 0. The van der Waals surface area contributed by atoms with Crippen molar-refractivity contribution in [1.82, 2.24) is 10.2 Å². The van der Waals surface area contributed by atoms with Crippen molar-refractivity contribution < 1.29 is 22.3 Å². The summed E-state index contributed by atoms with van der Waals surface area (Å²) in [5.41, 5.74) is 0.226. The van der Waals surface area contributed by atoms with E-state index in [-0.39, 0.29) is 17.1 Å². The first-order chi connectivity index (χ1) is 14.5. The predicted octanol–water partition coefficient (Wildman–Crippen LogP) is 1.86. The average molecular weight is 436 g/mol. The summed E-state index contributed by atoms with van der Waals surface area (Å²) in [4.78, 5) is 14.8. The van der Waals surface area contributed by atoms with E-state index in [4.69, 9.17) is 4.74 Å². The molecule has 1 fully saturated rings. The topological polar surface area (TPSA) is 79.0 Å². The zero-order valence-corrected chi connectivity index (χ0v) is 17.5. The van der Waals surface area contributed by atoms with Gasteiger partial charge in [0.05, 0.1) is 23.8 Å². The summed E-state index contributed by atoms with van der Waals surface area (Å²) in [5.74, 6) is -0.899. The van der Waals surface area contributed by atoms with E-state index in [0.717, 1.165) is 43.6 Å². The number of carbonyl (C=O) groups excluding carboxylic acids is 1. The van der Waals surface area contributed by atoms with E-state index < -0.39 is 21.7 Å². The van der Waals surface area contributed by atoms with Crippen molar-refractivity contribution in [3.05, 3.63) is 60.4 Å². The highest BCUT2D eigenvalue weighted by molar-refractivity contribution is 7.92. The predicted molar refractivity (Wildman–Crippen MR) is 112 cm³/mol. The number of rotatable bonds is 9. The molecule has 1 N–H and O–H groups in total. The van der Waals surface area contributed by atoms with E-state index in [1.165, 1.54) is 36.4 Å². The van der Waals surface area contributed by atoms with E-state index in [0.29, 0.717) is 6.54 Å². The van der Waals surface area contributed by atoms with Gasteiger partial charge in [-0.1, -0.05) is 18.2 Å². The molecule has 1 heterocycles. The molecule has 0 saturated carbocycles. The molecule has 1 saturated heterocycles. The lowest BCUT2D eigenvalue weighted by molar-refractivity contribution is -0.119. The molecule has 0 unspecified atom stereocenters. The molecule has 1 amide bonds. The highest BCUT2D eigenvalue weighted by atomic mass is 32.2. The van der Waals surface area contributed by atoms with Gasteiger partial charge >= 0.3 is 0 Å². The second-order valence-corrected chi connectivity index (χ2v) is 8.82. The zero-order chi connectivity index (χ0) is 21.4. The van der Waals surface area contributed by atoms with Gasteiger partial charge in [0.2, 0.25) is 5.91 Å². The SMILES string of the molecule is O=C(CN(c1ccc(F)cc1)S(=O)(=O)c1ccccc1)NCCCN1CCOCC1. The maximum atomic E-state index is 13.3. The van der Waals surface area contributed by atoms with Crippen LogP contribution in [-0.4, -0.2) is 65.2 Å². The first kappa shape index (κ1) is 22.2. The number of morpholine rings is 1. The molecular weight excluding hydrogens is 409 g/mol. The molecule has 0 aromatic heterocycles. The average Bonchev–Trinajstić information content (AvgIpc) is 2.77. The van der Waals surface area contributed by atoms with Crippen LogP contribution in [0.2, 0.25) is 0 Å². The fraction of sp³-hybridized carbons (Fsp3) is 0.381. The number of sulfonamides is 1. The molecule has 0 bridgehead atoms. The third kappa shape index (κ3) is 6.01. The van der Waals surface area contributed by atoms with Gasteiger partial charge in [-0.15, -0.1) is 0 Å². The van der Waals surface area contributed by atoms with Crippen molar-refractivity contribution in [2.24, 2.45) is 0 Å². The van der Waals surface area contributed by atoms with Crippen molar-refractivity contribution in [2.45, 2.75) is 11.3 Å². The highest BCUT2D eigenvalue weighted by Gasteiger charge is 2.27. The number of halogens is 1. The van der Waals surface area contributed by atoms with Gasteiger partial charge in [0.25, 0.3) is 10.0 Å². The van der Waals surface area contributed by atoms with Crippen LogP contribution in [0.15, 0.2) is 59.5 Å². The molecule has 7 nitrogen and oxygen atoms in total. The molecule has 3 rings (SSSR count). The molecule has 1 aliphatic heterocycles. The molecular formula is C21H26FN3O4S. The maximum absolute atomic E-state index is 13.3. The van der Waals surface area contributed by atoms with E-state index >= 15 is 0 Å². The number of hydrogen-bond donors (Lipinski definition) is 1. The second-order valence-electron chi connectivity index (χ2n) is 6.96. The lowest BCUT2D eigenvalue weighted by atomic mass is 10.3. The number of ether oxygens (including phenoxy) is 1. The number of nitrogens with one attached hydrogen (secondary N) is 1. The van der Waals surface area contributed by atoms with Crippen molar-refractivity contribution >= 4 is 21.6 Å². The van der Waals surface area contributed by atoms with Gasteiger partial charge in [-0.25, -0.2) is 12.8 Å². The Kier molecular flexibility index (Phi) is 7.78. The Labute approximate surface area is 176 Å². The molecule has 162 valence electrons. The molecule has 1 aliphatic rings. The third-order valence-corrected chi connectivity index (χ3v) is 6.60. The number of amides is 1. The van der Waals surface area contributed by atoms with Crippen LogP contribution in [0.25, 0.3) is 0 Å². The Morgan fingerprint density at radius 3 is 2.40 bits per heavy atom.